The normalized spacial score (nSPS) is 10.4. The number of hydrogen-bond donors (Lipinski definition) is 0. The van der Waals surface area contributed by atoms with Crippen LogP contribution < -0.4 is 0 Å². The van der Waals surface area contributed by atoms with E-state index in [1.54, 1.807) is 12.3 Å². The van der Waals surface area contributed by atoms with Crippen molar-refractivity contribution in [3.63, 3.8) is 0 Å². The molecule has 0 radical (unpaired) electrons. The number of pyridine rings is 1. The maximum absolute atomic E-state index is 8.75. The molecule has 0 saturated heterocycles. The van der Waals surface area contributed by atoms with Crippen LogP contribution >= 0.6 is 0 Å². The summed E-state index contributed by atoms with van der Waals surface area (Å²) in [5.74, 6) is 0.905. The topological polar surface area (TPSA) is 54.5 Å². The van der Waals surface area contributed by atoms with Crippen LogP contribution in [0.2, 0.25) is 0 Å². The highest BCUT2D eigenvalue weighted by Gasteiger charge is 2.08. The SMILES string of the molecule is Cc1nc2ccccc2n1-c1ccc(C#N)nc1. The third kappa shape index (κ3) is 1.54. The van der Waals surface area contributed by atoms with E-state index >= 15 is 0 Å². The standard InChI is InChI=1S/C14H10N4/c1-10-17-13-4-2-3-5-14(13)18(10)12-7-6-11(8-15)16-9-12/h2-7,9H,1H3. The quantitative estimate of drug-likeness (QED) is 0.650. The molecule has 86 valence electrons. The molecule has 0 amide bonds. The zero-order chi connectivity index (χ0) is 12.5. The Morgan fingerprint density at radius 3 is 2.72 bits per heavy atom. The fraction of sp³-hybridized carbons (Fsp3) is 0.0714. The predicted molar refractivity (Wildman–Crippen MR) is 68.3 cm³/mol. The molecule has 0 fully saturated rings. The van der Waals surface area contributed by atoms with Crippen LogP contribution in [0, 0.1) is 18.3 Å². The largest absolute Gasteiger partial charge is 0.295 e. The summed E-state index contributed by atoms with van der Waals surface area (Å²) >= 11 is 0. The second-order valence-corrected chi connectivity index (χ2v) is 4.00. The fourth-order valence-electron chi connectivity index (χ4n) is 2.06. The molecule has 0 bridgehead atoms. The molecule has 2 heterocycles. The van der Waals surface area contributed by atoms with Crippen LogP contribution in [0.3, 0.4) is 0 Å². The summed E-state index contributed by atoms with van der Waals surface area (Å²) in [7, 11) is 0. The smallest absolute Gasteiger partial charge is 0.140 e. The van der Waals surface area contributed by atoms with Gasteiger partial charge in [0.2, 0.25) is 0 Å². The van der Waals surface area contributed by atoms with Crippen molar-refractivity contribution >= 4 is 11.0 Å². The molecule has 3 aromatic rings. The van der Waals surface area contributed by atoms with Gasteiger partial charge in [0.1, 0.15) is 17.6 Å². The van der Waals surface area contributed by atoms with Crippen molar-refractivity contribution in [1.82, 2.24) is 14.5 Å². The van der Waals surface area contributed by atoms with Gasteiger partial charge in [-0.25, -0.2) is 9.97 Å². The van der Waals surface area contributed by atoms with Crippen molar-refractivity contribution in [2.24, 2.45) is 0 Å². The van der Waals surface area contributed by atoms with Crippen LogP contribution in [-0.4, -0.2) is 14.5 Å². The molecule has 0 N–H and O–H groups in total. The average molecular weight is 234 g/mol. The van der Waals surface area contributed by atoms with Crippen LogP contribution in [0.4, 0.5) is 0 Å². The van der Waals surface area contributed by atoms with Gasteiger partial charge < -0.3 is 0 Å². The molecule has 0 atom stereocenters. The summed E-state index contributed by atoms with van der Waals surface area (Å²) in [4.78, 5) is 8.59. The fourth-order valence-corrected chi connectivity index (χ4v) is 2.06. The van der Waals surface area contributed by atoms with E-state index in [0.29, 0.717) is 5.69 Å². The Morgan fingerprint density at radius 1 is 1.17 bits per heavy atom. The van der Waals surface area contributed by atoms with Gasteiger partial charge in [0.05, 0.1) is 22.9 Å². The van der Waals surface area contributed by atoms with E-state index in [1.807, 2.05) is 47.9 Å². The number of benzene rings is 1. The van der Waals surface area contributed by atoms with E-state index in [4.69, 9.17) is 5.26 Å². The van der Waals surface area contributed by atoms with Crippen molar-refractivity contribution in [2.75, 3.05) is 0 Å². The maximum atomic E-state index is 8.75. The van der Waals surface area contributed by atoms with Crippen LogP contribution in [0.5, 0.6) is 0 Å². The van der Waals surface area contributed by atoms with Gasteiger partial charge in [-0.15, -0.1) is 0 Å². The van der Waals surface area contributed by atoms with Gasteiger partial charge in [0.15, 0.2) is 0 Å². The number of para-hydroxylation sites is 2. The van der Waals surface area contributed by atoms with Gasteiger partial charge in [-0.1, -0.05) is 12.1 Å². The van der Waals surface area contributed by atoms with Gasteiger partial charge in [-0.3, -0.25) is 4.57 Å². The van der Waals surface area contributed by atoms with Gasteiger partial charge >= 0.3 is 0 Å². The summed E-state index contributed by atoms with van der Waals surface area (Å²) in [6.07, 6.45) is 1.69. The molecule has 1 aromatic carbocycles. The molecular weight excluding hydrogens is 224 g/mol. The van der Waals surface area contributed by atoms with Crippen molar-refractivity contribution in [2.45, 2.75) is 6.92 Å². The second-order valence-electron chi connectivity index (χ2n) is 4.00. The molecule has 3 rings (SSSR count). The molecule has 0 saturated carbocycles. The van der Waals surface area contributed by atoms with Crippen LogP contribution in [0.25, 0.3) is 16.7 Å². The number of aromatic nitrogens is 3. The number of imidazole rings is 1. The third-order valence-electron chi connectivity index (χ3n) is 2.85. The lowest BCUT2D eigenvalue weighted by atomic mass is 10.3. The van der Waals surface area contributed by atoms with Crippen molar-refractivity contribution < 1.29 is 0 Å². The number of rotatable bonds is 1. The van der Waals surface area contributed by atoms with Gasteiger partial charge in [-0.2, -0.15) is 5.26 Å². The Bertz CT molecular complexity index is 748. The molecular formula is C14H10N4. The summed E-state index contributed by atoms with van der Waals surface area (Å²) in [6.45, 7) is 1.96. The number of aryl methyl sites for hydroxylation is 1. The monoisotopic (exact) mass is 234 g/mol. The third-order valence-corrected chi connectivity index (χ3v) is 2.85. The lowest BCUT2D eigenvalue weighted by molar-refractivity contribution is 0.988. The van der Waals surface area contributed by atoms with E-state index in [1.165, 1.54) is 0 Å². The van der Waals surface area contributed by atoms with E-state index in [0.717, 1.165) is 22.5 Å². The summed E-state index contributed by atoms with van der Waals surface area (Å²) < 4.78 is 2.03. The summed E-state index contributed by atoms with van der Waals surface area (Å²) in [5.41, 5.74) is 3.34. The highest BCUT2D eigenvalue weighted by Crippen LogP contribution is 2.20. The first-order valence-corrected chi connectivity index (χ1v) is 5.60. The minimum absolute atomic E-state index is 0.417. The lowest BCUT2D eigenvalue weighted by Crippen LogP contribution is -1.98. The lowest BCUT2D eigenvalue weighted by Gasteiger charge is -2.05. The molecule has 18 heavy (non-hydrogen) atoms. The van der Waals surface area contributed by atoms with Crippen LogP contribution in [-0.2, 0) is 0 Å². The van der Waals surface area contributed by atoms with Crippen molar-refractivity contribution in [3.05, 3.63) is 54.1 Å². The van der Waals surface area contributed by atoms with Gasteiger partial charge in [0, 0.05) is 0 Å². The molecule has 0 aliphatic carbocycles. The van der Waals surface area contributed by atoms with E-state index in [2.05, 4.69) is 9.97 Å². The zero-order valence-corrected chi connectivity index (χ0v) is 9.83. The Morgan fingerprint density at radius 2 is 2.00 bits per heavy atom. The minimum Gasteiger partial charge on any atom is -0.295 e. The molecule has 4 nitrogen and oxygen atoms in total. The predicted octanol–water partition coefficient (Wildman–Crippen LogP) is 2.60. The average Bonchev–Trinajstić information content (AvgIpc) is 2.75. The number of fused-ring (bicyclic) bond motifs is 1. The first-order valence-electron chi connectivity index (χ1n) is 5.60. The molecule has 0 unspecified atom stereocenters. The van der Waals surface area contributed by atoms with Crippen molar-refractivity contribution in [3.8, 4) is 11.8 Å². The molecule has 0 spiro atoms. The Hall–Kier alpha value is -2.67. The Labute approximate surface area is 104 Å². The Kier molecular flexibility index (Phi) is 2.31. The molecule has 2 aromatic heterocycles. The molecule has 0 aliphatic rings. The number of nitriles is 1. The minimum atomic E-state index is 0.417. The highest BCUT2D eigenvalue weighted by atomic mass is 15.1. The van der Waals surface area contributed by atoms with Crippen molar-refractivity contribution in [1.29, 1.82) is 5.26 Å². The summed E-state index contributed by atoms with van der Waals surface area (Å²) in [5, 5.41) is 8.75. The number of hydrogen-bond acceptors (Lipinski definition) is 3. The second kappa shape index (κ2) is 3.97. The summed E-state index contributed by atoms with van der Waals surface area (Å²) in [6, 6.07) is 13.6. The van der Waals surface area contributed by atoms with Crippen LogP contribution in [0.1, 0.15) is 11.5 Å². The van der Waals surface area contributed by atoms with E-state index in [-0.39, 0.29) is 0 Å². The van der Waals surface area contributed by atoms with Gasteiger partial charge in [-0.05, 0) is 31.2 Å². The molecule has 0 aliphatic heterocycles. The van der Waals surface area contributed by atoms with Crippen LogP contribution in [0.15, 0.2) is 42.6 Å². The Balaban J connectivity index is 2.24. The maximum Gasteiger partial charge on any atom is 0.140 e. The zero-order valence-electron chi connectivity index (χ0n) is 9.83. The van der Waals surface area contributed by atoms with E-state index < -0.39 is 0 Å². The number of nitrogens with zero attached hydrogens (tertiary/aromatic N) is 4. The first-order chi connectivity index (χ1) is 8.79. The van der Waals surface area contributed by atoms with E-state index in [9.17, 15) is 0 Å². The molecule has 4 heteroatoms. The van der Waals surface area contributed by atoms with Gasteiger partial charge in [0.25, 0.3) is 0 Å². The first kappa shape index (κ1) is 10.5. The highest BCUT2D eigenvalue weighted by molar-refractivity contribution is 5.78.